The molecular formula is C14H22N4O3. The number of amides is 1. The lowest BCUT2D eigenvalue weighted by Gasteiger charge is -2.34. The lowest BCUT2D eigenvalue weighted by atomic mass is 10.1. The van der Waals surface area contributed by atoms with Gasteiger partial charge in [0, 0.05) is 31.9 Å². The normalized spacial score (nSPS) is 29.8. The van der Waals surface area contributed by atoms with Gasteiger partial charge in [0.2, 0.25) is 0 Å². The maximum atomic E-state index is 12.5. The zero-order chi connectivity index (χ0) is 14.8. The molecule has 0 spiro atoms. The minimum Gasteiger partial charge on any atom is -0.370 e. The highest BCUT2D eigenvalue weighted by Crippen LogP contribution is 2.25. The summed E-state index contributed by atoms with van der Waals surface area (Å²) in [6, 6.07) is 0. The van der Waals surface area contributed by atoms with Gasteiger partial charge in [-0.05, 0) is 12.8 Å². The second kappa shape index (κ2) is 6.13. The van der Waals surface area contributed by atoms with Crippen LogP contribution in [-0.2, 0) is 21.3 Å². The highest BCUT2D eigenvalue weighted by atomic mass is 16.5. The van der Waals surface area contributed by atoms with E-state index < -0.39 is 0 Å². The van der Waals surface area contributed by atoms with Crippen molar-refractivity contribution >= 4 is 5.91 Å². The van der Waals surface area contributed by atoms with Gasteiger partial charge in [0.1, 0.15) is 12.2 Å². The van der Waals surface area contributed by atoms with Gasteiger partial charge in [-0.1, -0.05) is 0 Å². The Morgan fingerprint density at radius 2 is 2.38 bits per heavy atom. The lowest BCUT2D eigenvalue weighted by Crippen LogP contribution is -2.46. The van der Waals surface area contributed by atoms with Crippen LogP contribution in [0.4, 0.5) is 0 Å². The standard InChI is InChI=1S/C14H22N4O3/c1-17-8-10(7-16-17)13-9-18(4-5-20-13)14(19)12-3-2-11(6-15)21-12/h7-8,11-13H,2-6,9,15H2,1H3/t11-,12+,13?/m1/s1. The Balaban J connectivity index is 1.62. The van der Waals surface area contributed by atoms with Crippen LogP contribution in [0, 0.1) is 0 Å². The van der Waals surface area contributed by atoms with Crippen molar-refractivity contribution in [2.24, 2.45) is 12.8 Å². The van der Waals surface area contributed by atoms with E-state index in [0.29, 0.717) is 26.2 Å². The molecule has 3 atom stereocenters. The van der Waals surface area contributed by atoms with Crippen molar-refractivity contribution < 1.29 is 14.3 Å². The topological polar surface area (TPSA) is 82.6 Å². The van der Waals surface area contributed by atoms with Crippen LogP contribution in [0.15, 0.2) is 12.4 Å². The smallest absolute Gasteiger partial charge is 0.251 e. The van der Waals surface area contributed by atoms with Crippen LogP contribution >= 0.6 is 0 Å². The Kier molecular flexibility index (Phi) is 4.23. The number of nitrogens with zero attached hydrogens (tertiary/aromatic N) is 3. The molecule has 3 rings (SSSR count). The number of ether oxygens (including phenoxy) is 2. The molecule has 116 valence electrons. The summed E-state index contributed by atoms with van der Waals surface area (Å²) in [6.45, 7) is 2.18. The van der Waals surface area contributed by atoms with E-state index >= 15 is 0 Å². The Labute approximate surface area is 124 Å². The quantitative estimate of drug-likeness (QED) is 0.836. The van der Waals surface area contributed by atoms with E-state index in [1.165, 1.54) is 0 Å². The van der Waals surface area contributed by atoms with Crippen molar-refractivity contribution in [3.63, 3.8) is 0 Å². The predicted octanol–water partition coefficient (Wildman–Crippen LogP) is -0.174. The first kappa shape index (κ1) is 14.5. The van der Waals surface area contributed by atoms with E-state index in [1.54, 1.807) is 10.9 Å². The molecule has 2 saturated heterocycles. The number of aromatic nitrogens is 2. The first-order chi connectivity index (χ1) is 10.2. The molecule has 21 heavy (non-hydrogen) atoms. The fourth-order valence-electron chi connectivity index (χ4n) is 2.92. The molecule has 0 bridgehead atoms. The lowest BCUT2D eigenvalue weighted by molar-refractivity contribution is -0.150. The van der Waals surface area contributed by atoms with Gasteiger partial charge in [0.25, 0.3) is 5.91 Å². The fraction of sp³-hybridized carbons (Fsp3) is 0.714. The zero-order valence-corrected chi connectivity index (χ0v) is 12.3. The number of rotatable bonds is 3. The van der Waals surface area contributed by atoms with Crippen LogP contribution in [-0.4, -0.2) is 59.0 Å². The summed E-state index contributed by atoms with van der Waals surface area (Å²) in [5.74, 6) is 0.0585. The number of morpholine rings is 1. The van der Waals surface area contributed by atoms with Crippen LogP contribution in [0.3, 0.4) is 0 Å². The number of nitrogens with two attached hydrogens (primary N) is 1. The third-order valence-electron chi connectivity index (χ3n) is 4.12. The maximum Gasteiger partial charge on any atom is 0.251 e. The molecule has 7 heteroatoms. The molecule has 0 saturated carbocycles. The Hall–Kier alpha value is -1.44. The van der Waals surface area contributed by atoms with Gasteiger partial charge in [0.05, 0.1) is 25.5 Å². The third-order valence-corrected chi connectivity index (χ3v) is 4.12. The SMILES string of the molecule is Cn1cc(C2CN(C(=O)[C@@H]3CC[C@H](CN)O3)CCO2)cn1. The molecule has 2 N–H and O–H groups in total. The van der Waals surface area contributed by atoms with Gasteiger partial charge in [-0.3, -0.25) is 9.48 Å². The largest absolute Gasteiger partial charge is 0.370 e. The molecule has 0 radical (unpaired) electrons. The fourth-order valence-corrected chi connectivity index (χ4v) is 2.92. The van der Waals surface area contributed by atoms with Gasteiger partial charge < -0.3 is 20.1 Å². The van der Waals surface area contributed by atoms with Crippen LogP contribution in [0.1, 0.15) is 24.5 Å². The molecule has 0 aliphatic carbocycles. The van der Waals surface area contributed by atoms with E-state index in [0.717, 1.165) is 18.4 Å². The molecule has 1 amide bonds. The average Bonchev–Trinajstić information content (AvgIpc) is 3.15. The Morgan fingerprint density at radius 3 is 3.05 bits per heavy atom. The van der Waals surface area contributed by atoms with E-state index in [2.05, 4.69) is 5.10 Å². The number of hydrogen-bond acceptors (Lipinski definition) is 5. The molecule has 2 aliphatic heterocycles. The van der Waals surface area contributed by atoms with Crippen LogP contribution in [0.2, 0.25) is 0 Å². The summed E-state index contributed by atoms with van der Waals surface area (Å²) in [7, 11) is 1.87. The van der Waals surface area contributed by atoms with Crippen molar-refractivity contribution in [3.8, 4) is 0 Å². The molecule has 1 aromatic rings. The molecular weight excluding hydrogens is 272 g/mol. The molecule has 7 nitrogen and oxygen atoms in total. The molecule has 0 aromatic carbocycles. The van der Waals surface area contributed by atoms with Crippen LogP contribution in [0.5, 0.6) is 0 Å². The van der Waals surface area contributed by atoms with E-state index in [9.17, 15) is 4.79 Å². The number of carbonyl (C=O) groups excluding carboxylic acids is 1. The monoisotopic (exact) mass is 294 g/mol. The first-order valence-electron chi connectivity index (χ1n) is 7.42. The predicted molar refractivity (Wildman–Crippen MR) is 75.4 cm³/mol. The van der Waals surface area contributed by atoms with Gasteiger partial charge in [-0.15, -0.1) is 0 Å². The second-order valence-electron chi connectivity index (χ2n) is 5.65. The molecule has 1 unspecified atom stereocenters. The minimum absolute atomic E-state index is 0.0223. The summed E-state index contributed by atoms with van der Waals surface area (Å²) >= 11 is 0. The summed E-state index contributed by atoms with van der Waals surface area (Å²) < 4.78 is 13.2. The first-order valence-corrected chi connectivity index (χ1v) is 7.42. The van der Waals surface area contributed by atoms with E-state index in [-0.39, 0.29) is 24.2 Å². The van der Waals surface area contributed by atoms with Crippen LogP contribution < -0.4 is 5.73 Å². The molecule has 1 aromatic heterocycles. The minimum atomic E-state index is -0.341. The van der Waals surface area contributed by atoms with Crippen molar-refractivity contribution in [2.75, 3.05) is 26.2 Å². The van der Waals surface area contributed by atoms with Gasteiger partial charge in [0.15, 0.2) is 0 Å². The summed E-state index contributed by atoms with van der Waals surface area (Å²) in [5.41, 5.74) is 6.60. The van der Waals surface area contributed by atoms with E-state index in [4.69, 9.17) is 15.2 Å². The zero-order valence-electron chi connectivity index (χ0n) is 12.3. The van der Waals surface area contributed by atoms with Crippen molar-refractivity contribution in [1.82, 2.24) is 14.7 Å². The maximum absolute atomic E-state index is 12.5. The summed E-state index contributed by atoms with van der Waals surface area (Å²) in [4.78, 5) is 14.4. The summed E-state index contributed by atoms with van der Waals surface area (Å²) in [5, 5.41) is 4.15. The highest BCUT2D eigenvalue weighted by Gasteiger charge is 2.35. The van der Waals surface area contributed by atoms with E-state index in [1.807, 2.05) is 18.1 Å². The summed E-state index contributed by atoms with van der Waals surface area (Å²) in [6.07, 6.45) is 4.91. The van der Waals surface area contributed by atoms with Crippen LogP contribution in [0.25, 0.3) is 0 Å². The Morgan fingerprint density at radius 1 is 1.52 bits per heavy atom. The number of hydrogen-bond donors (Lipinski definition) is 1. The third kappa shape index (κ3) is 3.09. The van der Waals surface area contributed by atoms with Crippen molar-refractivity contribution in [2.45, 2.75) is 31.2 Å². The Bertz CT molecular complexity index is 504. The highest BCUT2D eigenvalue weighted by molar-refractivity contribution is 5.81. The van der Waals surface area contributed by atoms with Gasteiger partial charge in [-0.2, -0.15) is 5.10 Å². The van der Waals surface area contributed by atoms with Crippen molar-refractivity contribution in [3.05, 3.63) is 18.0 Å². The van der Waals surface area contributed by atoms with Gasteiger partial charge >= 0.3 is 0 Å². The number of aryl methyl sites for hydroxylation is 1. The second-order valence-corrected chi connectivity index (χ2v) is 5.65. The molecule has 2 fully saturated rings. The number of carbonyl (C=O) groups is 1. The molecule has 2 aliphatic rings. The van der Waals surface area contributed by atoms with Gasteiger partial charge in [-0.25, -0.2) is 0 Å². The van der Waals surface area contributed by atoms with Crippen molar-refractivity contribution in [1.29, 1.82) is 0 Å². The average molecular weight is 294 g/mol. The molecule has 3 heterocycles.